The predicted octanol–water partition coefficient (Wildman–Crippen LogP) is 3.85. The Morgan fingerprint density at radius 3 is 2.56 bits per heavy atom. The molecule has 0 bridgehead atoms. The van der Waals surface area contributed by atoms with E-state index in [-0.39, 0.29) is 23.1 Å². The van der Waals surface area contributed by atoms with Gasteiger partial charge in [-0.05, 0) is 45.0 Å². The van der Waals surface area contributed by atoms with Crippen LogP contribution in [0.15, 0.2) is 46.3 Å². The third kappa shape index (κ3) is 2.79. The predicted molar refractivity (Wildman–Crippen MR) is 98.4 cm³/mol. The number of halogens is 2. The second-order valence-corrected chi connectivity index (χ2v) is 6.71. The van der Waals surface area contributed by atoms with Crippen LogP contribution in [-0.4, -0.2) is 21.4 Å². The first kappa shape index (κ1) is 17.3. The Bertz CT molecular complexity index is 1150. The molecule has 2 unspecified atom stereocenters. The quantitative estimate of drug-likeness (QED) is 0.689. The Morgan fingerprint density at radius 1 is 1.11 bits per heavy atom. The van der Waals surface area contributed by atoms with Crippen LogP contribution in [0.5, 0.6) is 0 Å². The van der Waals surface area contributed by atoms with E-state index in [0.29, 0.717) is 22.4 Å². The zero-order chi connectivity index (χ0) is 19.3. The van der Waals surface area contributed by atoms with Gasteiger partial charge in [-0.25, -0.2) is 13.8 Å². The number of pyridine rings is 2. The molecule has 1 aromatic carbocycles. The van der Waals surface area contributed by atoms with Crippen molar-refractivity contribution in [3.05, 3.63) is 69.6 Å². The van der Waals surface area contributed by atoms with Crippen molar-refractivity contribution in [1.82, 2.24) is 9.55 Å². The van der Waals surface area contributed by atoms with Gasteiger partial charge in [0.15, 0.2) is 5.43 Å². The number of benzene rings is 1. The standard InChI is InChI=1S/C20H17F2N3O2/c1-10-8-18(26)14-5-6-16(19-11(2)24-27-12(19)3)23-20(14)25(10)17-7-4-13(21)9-15(17)22/h4-9,12,19H,1-3H3. The molecule has 1 aliphatic heterocycles. The van der Waals surface area contributed by atoms with E-state index in [4.69, 9.17) is 4.84 Å². The van der Waals surface area contributed by atoms with Crippen LogP contribution >= 0.6 is 0 Å². The van der Waals surface area contributed by atoms with Crippen LogP contribution in [0.2, 0.25) is 0 Å². The number of aryl methyl sites for hydroxylation is 1. The number of nitrogens with zero attached hydrogens (tertiary/aromatic N) is 3. The normalized spacial score (nSPS) is 19.2. The van der Waals surface area contributed by atoms with Crippen LogP contribution in [0.4, 0.5) is 8.78 Å². The fourth-order valence-electron chi connectivity index (χ4n) is 3.54. The SMILES string of the molecule is CC1=NOC(C)C1c1ccc2c(=O)cc(C)n(-c3ccc(F)cc3F)c2n1. The first-order valence-corrected chi connectivity index (χ1v) is 8.56. The van der Waals surface area contributed by atoms with E-state index in [1.54, 1.807) is 19.1 Å². The largest absolute Gasteiger partial charge is 0.392 e. The summed E-state index contributed by atoms with van der Waals surface area (Å²) in [5, 5.41) is 4.36. The van der Waals surface area contributed by atoms with Gasteiger partial charge in [-0.15, -0.1) is 0 Å². The maximum atomic E-state index is 14.5. The highest BCUT2D eigenvalue weighted by molar-refractivity contribution is 5.90. The molecule has 7 heteroatoms. The summed E-state index contributed by atoms with van der Waals surface area (Å²) in [6.45, 7) is 5.43. The second kappa shape index (κ2) is 6.26. The summed E-state index contributed by atoms with van der Waals surface area (Å²) >= 11 is 0. The first-order chi connectivity index (χ1) is 12.9. The third-order valence-corrected chi connectivity index (χ3v) is 4.82. The minimum absolute atomic E-state index is 0.129. The number of oxime groups is 1. The molecule has 2 aromatic heterocycles. The Labute approximate surface area is 153 Å². The van der Waals surface area contributed by atoms with Gasteiger partial charge in [-0.1, -0.05) is 5.16 Å². The topological polar surface area (TPSA) is 56.5 Å². The summed E-state index contributed by atoms with van der Waals surface area (Å²) in [5.41, 5.74) is 2.20. The Balaban J connectivity index is 2.02. The smallest absolute Gasteiger partial charge is 0.191 e. The maximum absolute atomic E-state index is 14.5. The van der Waals surface area contributed by atoms with Crippen molar-refractivity contribution in [2.24, 2.45) is 5.16 Å². The van der Waals surface area contributed by atoms with Gasteiger partial charge in [-0.3, -0.25) is 9.36 Å². The highest BCUT2D eigenvalue weighted by Gasteiger charge is 2.31. The van der Waals surface area contributed by atoms with Crippen molar-refractivity contribution in [1.29, 1.82) is 0 Å². The molecule has 138 valence electrons. The Kier molecular flexibility index (Phi) is 4.02. The van der Waals surface area contributed by atoms with Crippen molar-refractivity contribution in [2.75, 3.05) is 0 Å². The zero-order valence-electron chi connectivity index (χ0n) is 15.0. The van der Waals surface area contributed by atoms with Crippen molar-refractivity contribution in [3.63, 3.8) is 0 Å². The number of fused-ring (bicyclic) bond motifs is 1. The highest BCUT2D eigenvalue weighted by atomic mass is 19.1. The molecule has 3 aromatic rings. The first-order valence-electron chi connectivity index (χ1n) is 8.56. The summed E-state index contributed by atoms with van der Waals surface area (Å²) in [6.07, 6.45) is -0.192. The fraction of sp³-hybridized carbons (Fsp3) is 0.250. The molecule has 0 amide bonds. The summed E-state index contributed by atoms with van der Waals surface area (Å²) in [7, 11) is 0. The molecule has 0 fully saturated rings. The lowest BCUT2D eigenvalue weighted by Crippen LogP contribution is -2.20. The molecule has 0 saturated carbocycles. The van der Waals surface area contributed by atoms with E-state index in [0.717, 1.165) is 11.8 Å². The molecule has 0 saturated heterocycles. The van der Waals surface area contributed by atoms with Crippen molar-refractivity contribution < 1.29 is 13.6 Å². The third-order valence-electron chi connectivity index (χ3n) is 4.82. The molecule has 27 heavy (non-hydrogen) atoms. The molecule has 0 N–H and O–H groups in total. The number of rotatable bonds is 2. The van der Waals surface area contributed by atoms with E-state index in [1.165, 1.54) is 22.8 Å². The molecule has 0 radical (unpaired) electrons. The molecule has 0 aliphatic carbocycles. The van der Waals surface area contributed by atoms with Gasteiger partial charge in [0, 0.05) is 17.8 Å². The van der Waals surface area contributed by atoms with Gasteiger partial charge >= 0.3 is 0 Å². The number of hydrogen-bond donors (Lipinski definition) is 0. The number of hydrogen-bond acceptors (Lipinski definition) is 4. The van der Waals surface area contributed by atoms with Crippen LogP contribution in [0.25, 0.3) is 16.7 Å². The van der Waals surface area contributed by atoms with Crippen LogP contribution in [0, 0.1) is 18.6 Å². The molecule has 3 heterocycles. The van der Waals surface area contributed by atoms with Crippen LogP contribution in [0.1, 0.15) is 31.2 Å². The monoisotopic (exact) mass is 369 g/mol. The van der Waals surface area contributed by atoms with Gasteiger partial charge in [0.25, 0.3) is 0 Å². The van der Waals surface area contributed by atoms with E-state index >= 15 is 0 Å². The van der Waals surface area contributed by atoms with Crippen LogP contribution < -0.4 is 5.43 Å². The summed E-state index contributed by atoms with van der Waals surface area (Å²) in [4.78, 5) is 22.4. The van der Waals surface area contributed by atoms with Crippen LogP contribution in [0.3, 0.4) is 0 Å². The highest BCUT2D eigenvalue weighted by Crippen LogP contribution is 2.29. The van der Waals surface area contributed by atoms with Crippen LogP contribution in [-0.2, 0) is 4.84 Å². The average molecular weight is 369 g/mol. The molecule has 4 rings (SSSR count). The summed E-state index contributed by atoms with van der Waals surface area (Å²) in [6, 6.07) is 8.18. The Morgan fingerprint density at radius 2 is 1.89 bits per heavy atom. The molecule has 1 aliphatic rings. The zero-order valence-corrected chi connectivity index (χ0v) is 15.0. The molecule has 0 spiro atoms. The molecule has 2 atom stereocenters. The average Bonchev–Trinajstić information content (AvgIpc) is 2.94. The lowest BCUT2D eigenvalue weighted by molar-refractivity contribution is 0.0899. The molecular formula is C20H17F2N3O2. The van der Waals surface area contributed by atoms with Crippen molar-refractivity contribution in [3.8, 4) is 5.69 Å². The van der Waals surface area contributed by atoms with E-state index in [1.807, 2.05) is 13.8 Å². The minimum atomic E-state index is -0.731. The summed E-state index contributed by atoms with van der Waals surface area (Å²) < 4.78 is 29.3. The number of aromatic nitrogens is 2. The van der Waals surface area contributed by atoms with Crippen molar-refractivity contribution in [2.45, 2.75) is 32.8 Å². The lowest BCUT2D eigenvalue weighted by atomic mass is 9.95. The fourth-order valence-corrected chi connectivity index (χ4v) is 3.54. The van der Waals surface area contributed by atoms with E-state index in [9.17, 15) is 13.6 Å². The van der Waals surface area contributed by atoms with E-state index < -0.39 is 11.6 Å². The molecular weight excluding hydrogens is 352 g/mol. The van der Waals surface area contributed by atoms with Gasteiger partial charge in [0.1, 0.15) is 23.4 Å². The van der Waals surface area contributed by atoms with E-state index in [2.05, 4.69) is 10.1 Å². The van der Waals surface area contributed by atoms with Crippen molar-refractivity contribution >= 4 is 16.7 Å². The second-order valence-electron chi connectivity index (χ2n) is 6.71. The maximum Gasteiger partial charge on any atom is 0.191 e. The van der Waals surface area contributed by atoms with Gasteiger partial charge < -0.3 is 4.84 Å². The Hall–Kier alpha value is -3.09. The summed E-state index contributed by atoms with van der Waals surface area (Å²) in [5.74, 6) is -1.56. The molecule has 5 nitrogen and oxygen atoms in total. The lowest BCUT2D eigenvalue weighted by Gasteiger charge is -2.18. The van der Waals surface area contributed by atoms with Gasteiger partial charge in [-0.2, -0.15) is 0 Å². The minimum Gasteiger partial charge on any atom is -0.392 e. The van der Waals surface area contributed by atoms with Gasteiger partial charge in [0.05, 0.1) is 28.4 Å². The van der Waals surface area contributed by atoms with Gasteiger partial charge in [0.2, 0.25) is 0 Å².